The van der Waals surface area contributed by atoms with Crippen molar-refractivity contribution in [2.45, 2.75) is 43.9 Å². The van der Waals surface area contributed by atoms with Gasteiger partial charge in [0.2, 0.25) is 5.91 Å². The summed E-state index contributed by atoms with van der Waals surface area (Å²) in [7, 11) is 0. The second kappa shape index (κ2) is 9.56. The maximum Gasteiger partial charge on any atom is 0.277 e. The number of halogens is 1. The number of benzene rings is 2. The minimum Gasteiger partial charge on any atom is -0.481 e. The predicted molar refractivity (Wildman–Crippen MR) is 108 cm³/mol. The zero-order valence-electron chi connectivity index (χ0n) is 16.4. The van der Waals surface area contributed by atoms with Crippen LogP contribution in [0.25, 0.3) is 0 Å². The number of nitrogens with zero attached hydrogens (tertiary/aromatic N) is 2. The number of aromatic nitrogens is 2. The first-order valence-electron chi connectivity index (χ1n) is 9.16. The zero-order valence-corrected chi connectivity index (χ0v) is 17.2. The van der Waals surface area contributed by atoms with E-state index in [2.05, 4.69) is 15.5 Å². The van der Waals surface area contributed by atoms with Crippen LogP contribution in [0, 0.1) is 12.7 Å². The van der Waals surface area contributed by atoms with Crippen molar-refractivity contribution in [2.75, 3.05) is 0 Å². The van der Waals surface area contributed by atoms with Gasteiger partial charge in [-0.05, 0) is 50.6 Å². The van der Waals surface area contributed by atoms with Crippen LogP contribution in [0.2, 0.25) is 0 Å². The maximum atomic E-state index is 13.0. The number of thioether (sulfide) groups is 1. The highest BCUT2D eigenvalue weighted by atomic mass is 32.2. The fraction of sp³-hybridized carbons (Fsp3) is 0.286. The number of amides is 1. The van der Waals surface area contributed by atoms with Crippen molar-refractivity contribution in [1.29, 1.82) is 0 Å². The molecule has 3 rings (SSSR count). The third-order valence-corrected chi connectivity index (χ3v) is 5.06. The molecule has 1 heterocycles. The molecular formula is C21H22FN3O3S. The predicted octanol–water partition coefficient (Wildman–Crippen LogP) is 4.45. The molecule has 0 aliphatic rings. The Labute approximate surface area is 172 Å². The summed E-state index contributed by atoms with van der Waals surface area (Å²) in [5, 5.41) is 10.7. The summed E-state index contributed by atoms with van der Waals surface area (Å²) in [4.78, 5) is 12.3. The first-order valence-corrected chi connectivity index (χ1v) is 10.0. The van der Waals surface area contributed by atoms with Crippen LogP contribution in [-0.2, 0) is 11.3 Å². The van der Waals surface area contributed by atoms with Gasteiger partial charge >= 0.3 is 0 Å². The van der Waals surface area contributed by atoms with E-state index in [1.165, 1.54) is 41.6 Å². The molecule has 0 saturated heterocycles. The van der Waals surface area contributed by atoms with E-state index in [-0.39, 0.29) is 22.8 Å². The van der Waals surface area contributed by atoms with Gasteiger partial charge in [0, 0.05) is 6.54 Å². The molecule has 0 bridgehead atoms. The van der Waals surface area contributed by atoms with E-state index < -0.39 is 11.4 Å². The Kier molecular flexibility index (Phi) is 6.87. The zero-order chi connectivity index (χ0) is 20.8. The molecule has 0 aliphatic carbocycles. The minimum atomic E-state index is -0.506. The van der Waals surface area contributed by atoms with E-state index in [4.69, 9.17) is 9.15 Å². The average Bonchev–Trinajstić information content (AvgIpc) is 3.17. The summed E-state index contributed by atoms with van der Waals surface area (Å²) < 4.78 is 24.2. The SMILES string of the molecule is Cc1ccc(CNC(=O)[C@H](C)Sc2nnc([C@H](C)Oc3ccc(F)cc3)o2)cc1. The standard InChI is InChI=1S/C21H22FN3O3S/c1-13-4-6-16(7-5-13)12-23-19(26)15(3)29-21-25-24-20(28-21)14(2)27-18-10-8-17(22)9-11-18/h4-11,14-15H,12H2,1-3H3,(H,23,26)/t14-,15-/m0/s1. The van der Waals surface area contributed by atoms with Gasteiger partial charge in [-0.15, -0.1) is 10.2 Å². The smallest absolute Gasteiger partial charge is 0.277 e. The second-order valence-electron chi connectivity index (χ2n) is 6.58. The minimum absolute atomic E-state index is 0.120. The molecule has 6 nitrogen and oxygen atoms in total. The molecule has 1 N–H and O–H groups in total. The molecule has 2 atom stereocenters. The third-order valence-electron chi connectivity index (χ3n) is 4.13. The molecule has 0 saturated carbocycles. The van der Waals surface area contributed by atoms with Gasteiger partial charge in [0.05, 0.1) is 5.25 Å². The molecule has 0 unspecified atom stereocenters. The first kappa shape index (κ1) is 20.9. The summed E-state index contributed by atoms with van der Waals surface area (Å²) in [5.41, 5.74) is 2.21. The normalized spacial score (nSPS) is 13.0. The molecule has 2 aromatic carbocycles. The Morgan fingerprint density at radius 2 is 1.83 bits per heavy atom. The largest absolute Gasteiger partial charge is 0.481 e. The van der Waals surface area contributed by atoms with E-state index in [0.717, 1.165) is 5.56 Å². The van der Waals surface area contributed by atoms with Crippen molar-refractivity contribution in [3.8, 4) is 5.75 Å². The fourth-order valence-electron chi connectivity index (χ4n) is 2.44. The number of carbonyl (C=O) groups excluding carboxylic acids is 1. The number of aryl methyl sites for hydroxylation is 1. The Morgan fingerprint density at radius 3 is 2.52 bits per heavy atom. The molecule has 1 amide bonds. The molecule has 3 aromatic rings. The van der Waals surface area contributed by atoms with Crippen LogP contribution in [0.3, 0.4) is 0 Å². The second-order valence-corrected chi connectivity index (χ2v) is 7.88. The Balaban J connectivity index is 1.50. The van der Waals surface area contributed by atoms with Gasteiger partial charge in [-0.3, -0.25) is 4.79 Å². The van der Waals surface area contributed by atoms with Crippen LogP contribution in [0.15, 0.2) is 58.2 Å². The topological polar surface area (TPSA) is 77.2 Å². The van der Waals surface area contributed by atoms with Crippen LogP contribution >= 0.6 is 11.8 Å². The quantitative estimate of drug-likeness (QED) is 0.548. The van der Waals surface area contributed by atoms with E-state index in [1.54, 1.807) is 13.8 Å². The molecule has 0 radical (unpaired) electrons. The van der Waals surface area contributed by atoms with Crippen molar-refractivity contribution in [2.24, 2.45) is 0 Å². The van der Waals surface area contributed by atoms with Crippen LogP contribution in [0.1, 0.15) is 37.0 Å². The molecule has 0 fully saturated rings. The average molecular weight is 415 g/mol. The van der Waals surface area contributed by atoms with Crippen molar-refractivity contribution < 1.29 is 18.3 Å². The van der Waals surface area contributed by atoms with Crippen LogP contribution in [-0.4, -0.2) is 21.4 Å². The lowest BCUT2D eigenvalue weighted by atomic mass is 10.1. The van der Waals surface area contributed by atoms with Gasteiger partial charge in [0.15, 0.2) is 6.10 Å². The van der Waals surface area contributed by atoms with Crippen LogP contribution < -0.4 is 10.1 Å². The molecule has 0 aliphatic heterocycles. The van der Waals surface area contributed by atoms with Crippen molar-refractivity contribution in [3.05, 3.63) is 71.4 Å². The number of ether oxygens (including phenoxy) is 1. The highest BCUT2D eigenvalue weighted by Crippen LogP contribution is 2.26. The molecule has 152 valence electrons. The molecular weight excluding hydrogens is 393 g/mol. The highest BCUT2D eigenvalue weighted by Gasteiger charge is 2.21. The number of hydrogen-bond acceptors (Lipinski definition) is 6. The van der Waals surface area contributed by atoms with Crippen LogP contribution in [0.4, 0.5) is 4.39 Å². The number of carbonyl (C=O) groups is 1. The summed E-state index contributed by atoms with van der Waals surface area (Å²) in [6, 6.07) is 13.7. The van der Waals surface area contributed by atoms with Crippen LogP contribution in [0.5, 0.6) is 5.75 Å². The number of hydrogen-bond donors (Lipinski definition) is 1. The van der Waals surface area contributed by atoms with E-state index >= 15 is 0 Å². The summed E-state index contributed by atoms with van der Waals surface area (Å²) >= 11 is 1.18. The van der Waals surface area contributed by atoms with Crippen molar-refractivity contribution >= 4 is 17.7 Å². The van der Waals surface area contributed by atoms with Gasteiger partial charge < -0.3 is 14.5 Å². The van der Waals surface area contributed by atoms with E-state index in [9.17, 15) is 9.18 Å². The lowest BCUT2D eigenvalue weighted by Gasteiger charge is -2.11. The molecule has 1 aromatic heterocycles. The summed E-state index contributed by atoms with van der Waals surface area (Å²) in [6.45, 7) is 6.01. The number of rotatable bonds is 8. The van der Waals surface area contributed by atoms with Crippen molar-refractivity contribution in [3.63, 3.8) is 0 Å². The third kappa shape index (κ3) is 6.05. The van der Waals surface area contributed by atoms with Gasteiger partial charge in [-0.1, -0.05) is 41.6 Å². The van der Waals surface area contributed by atoms with E-state index in [0.29, 0.717) is 12.3 Å². The van der Waals surface area contributed by atoms with Gasteiger partial charge in [-0.2, -0.15) is 0 Å². The lowest BCUT2D eigenvalue weighted by molar-refractivity contribution is -0.120. The Morgan fingerprint density at radius 1 is 1.14 bits per heavy atom. The van der Waals surface area contributed by atoms with Crippen molar-refractivity contribution in [1.82, 2.24) is 15.5 Å². The number of nitrogens with one attached hydrogen (secondary N) is 1. The molecule has 29 heavy (non-hydrogen) atoms. The fourth-order valence-corrected chi connectivity index (χ4v) is 3.16. The summed E-state index contributed by atoms with van der Waals surface area (Å²) in [5.74, 6) is 0.321. The molecule has 0 spiro atoms. The summed E-state index contributed by atoms with van der Waals surface area (Å²) in [6.07, 6.45) is -0.506. The Hall–Kier alpha value is -2.87. The monoisotopic (exact) mass is 415 g/mol. The van der Waals surface area contributed by atoms with Gasteiger partial charge in [-0.25, -0.2) is 4.39 Å². The molecule has 8 heteroatoms. The Bertz CT molecular complexity index is 945. The maximum absolute atomic E-state index is 13.0. The van der Waals surface area contributed by atoms with E-state index in [1.807, 2.05) is 31.2 Å². The highest BCUT2D eigenvalue weighted by molar-refractivity contribution is 8.00. The first-order chi connectivity index (χ1) is 13.9. The lowest BCUT2D eigenvalue weighted by Crippen LogP contribution is -2.30. The van der Waals surface area contributed by atoms with Gasteiger partial charge in [0.25, 0.3) is 11.1 Å². The van der Waals surface area contributed by atoms with Gasteiger partial charge in [0.1, 0.15) is 11.6 Å².